The van der Waals surface area contributed by atoms with Gasteiger partial charge in [0, 0.05) is 4.47 Å². The van der Waals surface area contributed by atoms with E-state index in [1.54, 1.807) is 0 Å². The third kappa shape index (κ3) is 4.05. The summed E-state index contributed by atoms with van der Waals surface area (Å²) in [7, 11) is 0. The number of benzene rings is 1. The van der Waals surface area contributed by atoms with Gasteiger partial charge in [0.2, 0.25) is 0 Å². The Hall–Kier alpha value is -0.870. The van der Waals surface area contributed by atoms with Crippen LogP contribution in [0.4, 0.5) is 5.69 Å². The standard InChI is InChI=1S/C15H21BrN2O/c1-2-12-7-5-6-10-18(12)11-15(19)17-14-9-4-3-8-13(14)16/h3-4,8-9,12H,2,5-7,10-11H2,1H3,(H,17,19)/p+1/t12-/m0/s1. The molecule has 1 saturated heterocycles. The Morgan fingerprint density at radius 3 is 2.95 bits per heavy atom. The van der Waals surface area contributed by atoms with Gasteiger partial charge in [-0.1, -0.05) is 19.1 Å². The van der Waals surface area contributed by atoms with E-state index in [4.69, 9.17) is 0 Å². The zero-order chi connectivity index (χ0) is 13.7. The fraction of sp³-hybridized carbons (Fsp3) is 0.533. The molecule has 0 radical (unpaired) electrons. The second-order valence-electron chi connectivity index (χ2n) is 5.21. The molecule has 2 atom stereocenters. The molecule has 2 rings (SSSR count). The molecule has 1 aromatic carbocycles. The Morgan fingerprint density at radius 2 is 2.21 bits per heavy atom. The Morgan fingerprint density at radius 1 is 1.42 bits per heavy atom. The molecular weight excluding hydrogens is 304 g/mol. The average molecular weight is 326 g/mol. The first-order valence-corrected chi connectivity index (χ1v) is 7.89. The first kappa shape index (κ1) is 14.5. The average Bonchev–Trinajstić information content (AvgIpc) is 2.42. The highest BCUT2D eigenvalue weighted by molar-refractivity contribution is 9.10. The van der Waals surface area contributed by atoms with E-state index in [2.05, 4.69) is 28.2 Å². The summed E-state index contributed by atoms with van der Waals surface area (Å²) in [5.74, 6) is 0.113. The molecule has 1 aliphatic heterocycles. The summed E-state index contributed by atoms with van der Waals surface area (Å²) in [4.78, 5) is 13.6. The van der Waals surface area contributed by atoms with Crippen molar-refractivity contribution in [3.63, 3.8) is 0 Å². The molecule has 4 heteroatoms. The number of carbonyl (C=O) groups excluding carboxylic acids is 1. The number of anilines is 1. The van der Waals surface area contributed by atoms with E-state index in [0.717, 1.165) is 23.1 Å². The van der Waals surface area contributed by atoms with Crippen LogP contribution in [-0.4, -0.2) is 25.0 Å². The van der Waals surface area contributed by atoms with E-state index in [1.807, 2.05) is 24.3 Å². The largest absolute Gasteiger partial charge is 0.325 e. The highest BCUT2D eigenvalue weighted by Gasteiger charge is 2.26. The molecule has 1 aliphatic rings. The normalized spacial score (nSPS) is 23.1. The Balaban J connectivity index is 1.92. The lowest BCUT2D eigenvalue weighted by Gasteiger charge is -2.31. The van der Waals surface area contributed by atoms with E-state index >= 15 is 0 Å². The van der Waals surface area contributed by atoms with Crippen molar-refractivity contribution < 1.29 is 9.69 Å². The third-order valence-electron chi connectivity index (χ3n) is 3.91. The van der Waals surface area contributed by atoms with Gasteiger partial charge in [0.1, 0.15) is 0 Å². The van der Waals surface area contributed by atoms with E-state index in [0.29, 0.717) is 12.6 Å². The lowest BCUT2D eigenvalue weighted by molar-refractivity contribution is -0.923. The molecule has 0 aromatic heterocycles. The van der Waals surface area contributed by atoms with E-state index < -0.39 is 0 Å². The van der Waals surface area contributed by atoms with Crippen molar-refractivity contribution in [3.8, 4) is 0 Å². The predicted molar refractivity (Wildman–Crippen MR) is 81.4 cm³/mol. The molecule has 1 aromatic rings. The first-order valence-electron chi connectivity index (χ1n) is 7.09. The Bertz CT molecular complexity index is 436. The summed E-state index contributed by atoms with van der Waals surface area (Å²) >= 11 is 3.45. The molecule has 0 spiro atoms. The molecule has 2 N–H and O–H groups in total. The fourth-order valence-corrected chi connectivity index (χ4v) is 3.22. The van der Waals surface area contributed by atoms with Crippen LogP contribution < -0.4 is 10.2 Å². The maximum Gasteiger partial charge on any atom is 0.279 e. The summed E-state index contributed by atoms with van der Waals surface area (Å²) in [5.41, 5.74) is 0.858. The van der Waals surface area contributed by atoms with E-state index in [9.17, 15) is 4.79 Å². The summed E-state index contributed by atoms with van der Waals surface area (Å²) in [5, 5.41) is 3.00. The fourth-order valence-electron chi connectivity index (χ4n) is 2.84. The second-order valence-corrected chi connectivity index (χ2v) is 6.07. The van der Waals surface area contributed by atoms with Gasteiger partial charge in [-0.3, -0.25) is 4.79 Å². The summed E-state index contributed by atoms with van der Waals surface area (Å²) < 4.78 is 0.934. The highest BCUT2D eigenvalue weighted by Crippen LogP contribution is 2.20. The van der Waals surface area contributed by atoms with E-state index in [-0.39, 0.29) is 5.91 Å². The van der Waals surface area contributed by atoms with Gasteiger partial charge < -0.3 is 10.2 Å². The van der Waals surface area contributed by atoms with Gasteiger partial charge in [0.25, 0.3) is 5.91 Å². The van der Waals surface area contributed by atoms with Crippen molar-refractivity contribution in [1.82, 2.24) is 0 Å². The summed E-state index contributed by atoms with van der Waals surface area (Å²) in [6.45, 7) is 3.93. The van der Waals surface area contributed by atoms with E-state index in [1.165, 1.54) is 24.2 Å². The number of carbonyl (C=O) groups is 1. The number of quaternary nitrogens is 1. The number of hydrogen-bond donors (Lipinski definition) is 2. The van der Waals surface area contributed by atoms with Crippen molar-refractivity contribution in [2.24, 2.45) is 0 Å². The maximum absolute atomic E-state index is 12.1. The van der Waals surface area contributed by atoms with Crippen LogP contribution >= 0.6 is 15.9 Å². The van der Waals surface area contributed by atoms with Crippen LogP contribution in [0.2, 0.25) is 0 Å². The SMILES string of the molecule is CC[C@H]1CCCC[NH+]1CC(=O)Nc1ccccc1Br. The van der Waals surface area contributed by atoms with Gasteiger partial charge in [0.05, 0.1) is 18.3 Å². The monoisotopic (exact) mass is 325 g/mol. The number of hydrogen-bond acceptors (Lipinski definition) is 1. The number of rotatable bonds is 4. The third-order valence-corrected chi connectivity index (χ3v) is 4.60. The van der Waals surface area contributed by atoms with Gasteiger partial charge in [-0.05, 0) is 53.7 Å². The molecule has 1 heterocycles. The number of piperidine rings is 1. The summed E-state index contributed by atoms with van der Waals surface area (Å²) in [6.07, 6.45) is 4.98. The van der Waals surface area contributed by atoms with Crippen LogP contribution in [0.1, 0.15) is 32.6 Å². The van der Waals surface area contributed by atoms with Gasteiger partial charge in [-0.15, -0.1) is 0 Å². The van der Waals surface area contributed by atoms with Crippen LogP contribution in [0.15, 0.2) is 28.7 Å². The number of nitrogens with one attached hydrogen (secondary N) is 2. The summed E-state index contributed by atoms with van der Waals surface area (Å²) in [6, 6.07) is 8.40. The minimum absolute atomic E-state index is 0.113. The predicted octanol–water partition coefficient (Wildman–Crippen LogP) is 2.24. The smallest absolute Gasteiger partial charge is 0.279 e. The van der Waals surface area contributed by atoms with Crippen LogP contribution in [-0.2, 0) is 4.79 Å². The minimum Gasteiger partial charge on any atom is -0.325 e. The molecule has 19 heavy (non-hydrogen) atoms. The second kappa shape index (κ2) is 7.06. The highest BCUT2D eigenvalue weighted by atomic mass is 79.9. The lowest BCUT2D eigenvalue weighted by atomic mass is 10.00. The lowest BCUT2D eigenvalue weighted by Crippen LogP contribution is -3.17. The zero-order valence-electron chi connectivity index (χ0n) is 11.4. The zero-order valence-corrected chi connectivity index (χ0v) is 13.0. The molecule has 0 saturated carbocycles. The van der Waals surface area contributed by atoms with Crippen LogP contribution in [0, 0.1) is 0 Å². The Kier molecular flexibility index (Phi) is 5.40. The van der Waals surface area contributed by atoms with Crippen molar-refractivity contribution in [2.45, 2.75) is 38.6 Å². The number of halogens is 1. The van der Waals surface area contributed by atoms with Crippen molar-refractivity contribution >= 4 is 27.5 Å². The molecule has 104 valence electrons. The quantitative estimate of drug-likeness (QED) is 0.874. The number of para-hydroxylation sites is 1. The van der Waals surface area contributed by atoms with Gasteiger partial charge >= 0.3 is 0 Å². The molecule has 1 unspecified atom stereocenters. The van der Waals surface area contributed by atoms with Crippen LogP contribution in [0.25, 0.3) is 0 Å². The van der Waals surface area contributed by atoms with Crippen molar-refractivity contribution in [3.05, 3.63) is 28.7 Å². The molecule has 1 amide bonds. The molecule has 1 fully saturated rings. The number of amides is 1. The van der Waals surface area contributed by atoms with Crippen LogP contribution in [0.5, 0.6) is 0 Å². The molecule has 0 bridgehead atoms. The van der Waals surface area contributed by atoms with Crippen molar-refractivity contribution in [1.29, 1.82) is 0 Å². The van der Waals surface area contributed by atoms with Gasteiger partial charge in [-0.25, -0.2) is 0 Å². The Labute approximate surface area is 123 Å². The topological polar surface area (TPSA) is 33.5 Å². The molecule has 0 aliphatic carbocycles. The van der Waals surface area contributed by atoms with Gasteiger partial charge in [0.15, 0.2) is 6.54 Å². The number of likely N-dealkylation sites (tertiary alicyclic amines) is 1. The molecule has 3 nitrogen and oxygen atoms in total. The minimum atomic E-state index is 0.113. The van der Waals surface area contributed by atoms with Crippen molar-refractivity contribution in [2.75, 3.05) is 18.4 Å². The van der Waals surface area contributed by atoms with Crippen LogP contribution in [0.3, 0.4) is 0 Å². The van der Waals surface area contributed by atoms with Gasteiger partial charge in [-0.2, -0.15) is 0 Å². The first-order chi connectivity index (χ1) is 9.20. The molecular formula is C15H22BrN2O+. The maximum atomic E-state index is 12.1.